The highest BCUT2D eigenvalue weighted by atomic mass is 16.5. The first-order chi connectivity index (χ1) is 15.1. The molecule has 0 spiro atoms. The predicted molar refractivity (Wildman–Crippen MR) is 121 cm³/mol. The first kappa shape index (κ1) is 22.2. The summed E-state index contributed by atoms with van der Waals surface area (Å²) in [7, 11) is 3.14. The third-order valence-corrected chi connectivity index (χ3v) is 5.23. The summed E-state index contributed by atoms with van der Waals surface area (Å²) in [5.41, 5.74) is 2.00. The minimum Gasteiger partial charge on any atom is -0.493 e. The molecule has 1 aliphatic heterocycles. The van der Waals surface area contributed by atoms with Crippen LogP contribution in [0.3, 0.4) is 0 Å². The smallest absolute Gasteiger partial charge is 0.244 e. The van der Waals surface area contributed by atoms with Crippen molar-refractivity contribution in [2.45, 2.75) is 6.42 Å². The summed E-state index contributed by atoms with van der Waals surface area (Å²) in [6.07, 6.45) is 3.44. The second kappa shape index (κ2) is 11.1. The highest BCUT2D eigenvalue weighted by Gasteiger charge is 2.20. The van der Waals surface area contributed by atoms with Crippen LogP contribution in [-0.2, 0) is 9.59 Å². The van der Waals surface area contributed by atoms with Crippen LogP contribution < -0.4 is 19.7 Å². The van der Waals surface area contributed by atoms with Gasteiger partial charge in [-0.3, -0.25) is 9.59 Å². The van der Waals surface area contributed by atoms with Gasteiger partial charge in [0.1, 0.15) is 0 Å². The van der Waals surface area contributed by atoms with Gasteiger partial charge in [-0.25, -0.2) is 0 Å². The normalized spacial score (nSPS) is 13.9. The van der Waals surface area contributed by atoms with Gasteiger partial charge in [-0.05, 0) is 35.9 Å². The lowest BCUT2D eigenvalue weighted by atomic mass is 10.2. The van der Waals surface area contributed by atoms with Gasteiger partial charge in [-0.2, -0.15) is 0 Å². The van der Waals surface area contributed by atoms with Crippen LogP contribution in [0.15, 0.2) is 54.6 Å². The monoisotopic (exact) mass is 423 g/mol. The molecular weight excluding hydrogens is 394 g/mol. The van der Waals surface area contributed by atoms with Crippen LogP contribution in [0.25, 0.3) is 6.08 Å². The zero-order chi connectivity index (χ0) is 22.1. The van der Waals surface area contributed by atoms with Gasteiger partial charge in [0.05, 0.1) is 14.2 Å². The van der Waals surface area contributed by atoms with E-state index < -0.39 is 0 Å². The van der Waals surface area contributed by atoms with E-state index in [1.54, 1.807) is 32.4 Å². The molecule has 164 valence electrons. The van der Waals surface area contributed by atoms with E-state index in [2.05, 4.69) is 22.3 Å². The van der Waals surface area contributed by atoms with Crippen molar-refractivity contribution in [3.05, 3.63) is 60.2 Å². The lowest BCUT2D eigenvalue weighted by Gasteiger charge is -2.36. The van der Waals surface area contributed by atoms with Gasteiger partial charge in [0.2, 0.25) is 11.8 Å². The number of hydrogen-bond donors (Lipinski definition) is 1. The van der Waals surface area contributed by atoms with Crippen LogP contribution in [0.2, 0.25) is 0 Å². The molecule has 1 aliphatic rings. The van der Waals surface area contributed by atoms with Crippen molar-refractivity contribution < 1.29 is 19.1 Å². The molecule has 7 heteroatoms. The Hall–Kier alpha value is -3.48. The van der Waals surface area contributed by atoms with E-state index in [0.29, 0.717) is 37.6 Å². The van der Waals surface area contributed by atoms with Crippen LogP contribution in [0.5, 0.6) is 11.5 Å². The molecule has 7 nitrogen and oxygen atoms in total. The molecule has 1 fully saturated rings. The average Bonchev–Trinajstić information content (AvgIpc) is 2.83. The van der Waals surface area contributed by atoms with Crippen LogP contribution >= 0.6 is 0 Å². The Morgan fingerprint density at radius 3 is 2.35 bits per heavy atom. The maximum atomic E-state index is 12.4. The molecule has 0 bridgehead atoms. The molecule has 1 N–H and O–H groups in total. The number of nitrogens with zero attached hydrogens (tertiary/aromatic N) is 2. The Labute approximate surface area is 183 Å². The largest absolute Gasteiger partial charge is 0.493 e. The second-order valence-corrected chi connectivity index (χ2v) is 7.19. The number of ether oxygens (including phenoxy) is 2. The van der Waals surface area contributed by atoms with Gasteiger partial charge < -0.3 is 24.6 Å². The van der Waals surface area contributed by atoms with Crippen LogP contribution in [-0.4, -0.2) is 63.7 Å². The first-order valence-corrected chi connectivity index (χ1v) is 10.4. The highest BCUT2D eigenvalue weighted by Crippen LogP contribution is 2.27. The Balaban J connectivity index is 1.39. The van der Waals surface area contributed by atoms with Crippen molar-refractivity contribution >= 4 is 23.6 Å². The molecule has 1 heterocycles. The minimum absolute atomic E-state index is 0.0666. The topological polar surface area (TPSA) is 71.1 Å². The van der Waals surface area contributed by atoms with Crippen LogP contribution in [0.4, 0.5) is 5.69 Å². The second-order valence-electron chi connectivity index (χ2n) is 7.19. The average molecular weight is 424 g/mol. The number of hydrogen-bond acceptors (Lipinski definition) is 5. The zero-order valence-corrected chi connectivity index (χ0v) is 18.0. The van der Waals surface area contributed by atoms with Gasteiger partial charge in [-0.1, -0.05) is 24.3 Å². The van der Waals surface area contributed by atoms with Crippen LogP contribution in [0, 0.1) is 0 Å². The number of piperazine rings is 1. The van der Waals surface area contributed by atoms with Crippen molar-refractivity contribution in [2.75, 3.05) is 51.8 Å². The van der Waals surface area contributed by atoms with E-state index in [1.807, 2.05) is 29.2 Å². The van der Waals surface area contributed by atoms with Gasteiger partial charge >= 0.3 is 0 Å². The number of amides is 2. The standard InChI is InChI=1S/C24H29N3O4/c1-30-21-10-8-19(18-22(21)31-2)9-11-23(28)25-13-12-24(29)27-16-14-26(15-17-27)20-6-4-3-5-7-20/h3-11,18H,12-17H2,1-2H3,(H,25,28)/b11-9+. The van der Waals surface area contributed by atoms with Gasteiger partial charge in [0.25, 0.3) is 0 Å². The third kappa shape index (κ3) is 6.25. The van der Waals surface area contributed by atoms with Gasteiger partial charge in [0, 0.05) is 50.9 Å². The fourth-order valence-corrected chi connectivity index (χ4v) is 3.49. The minimum atomic E-state index is -0.239. The van der Waals surface area contributed by atoms with Crippen molar-refractivity contribution in [2.24, 2.45) is 0 Å². The molecule has 0 atom stereocenters. The summed E-state index contributed by atoms with van der Waals surface area (Å²) in [4.78, 5) is 28.7. The zero-order valence-electron chi connectivity index (χ0n) is 18.0. The Bertz CT molecular complexity index is 906. The fraction of sp³-hybridized carbons (Fsp3) is 0.333. The maximum Gasteiger partial charge on any atom is 0.244 e. The number of nitrogens with one attached hydrogen (secondary N) is 1. The SMILES string of the molecule is COc1ccc(/C=C/C(=O)NCCC(=O)N2CCN(c3ccccc3)CC2)cc1OC. The number of benzene rings is 2. The molecule has 2 aromatic rings. The van der Waals surface area contributed by atoms with Crippen molar-refractivity contribution in [1.29, 1.82) is 0 Å². The molecular formula is C24H29N3O4. The summed E-state index contributed by atoms with van der Waals surface area (Å²) in [5, 5.41) is 2.77. The number of para-hydroxylation sites is 1. The Kier molecular flexibility index (Phi) is 7.92. The van der Waals surface area contributed by atoms with Crippen molar-refractivity contribution in [1.82, 2.24) is 10.2 Å². The molecule has 0 saturated carbocycles. The van der Waals surface area contributed by atoms with E-state index >= 15 is 0 Å². The van der Waals surface area contributed by atoms with Crippen molar-refractivity contribution in [3.63, 3.8) is 0 Å². The number of carbonyl (C=O) groups excluding carboxylic acids is 2. The summed E-state index contributed by atoms with van der Waals surface area (Å²) < 4.78 is 10.5. The van der Waals surface area contributed by atoms with Gasteiger partial charge in [0.15, 0.2) is 11.5 Å². The molecule has 2 amide bonds. The van der Waals surface area contributed by atoms with E-state index in [1.165, 1.54) is 11.8 Å². The third-order valence-electron chi connectivity index (χ3n) is 5.23. The number of methoxy groups -OCH3 is 2. The van der Waals surface area contributed by atoms with Gasteiger partial charge in [-0.15, -0.1) is 0 Å². The summed E-state index contributed by atoms with van der Waals surface area (Å²) in [6, 6.07) is 15.6. The van der Waals surface area contributed by atoms with E-state index in [-0.39, 0.29) is 11.8 Å². The number of rotatable bonds is 8. The molecule has 0 radical (unpaired) electrons. The lowest BCUT2D eigenvalue weighted by molar-refractivity contribution is -0.131. The van der Waals surface area contributed by atoms with Crippen molar-refractivity contribution in [3.8, 4) is 11.5 Å². The molecule has 0 unspecified atom stereocenters. The molecule has 31 heavy (non-hydrogen) atoms. The molecule has 0 aliphatic carbocycles. The summed E-state index contributed by atoms with van der Waals surface area (Å²) >= 11 is 0. The van der Waals surface area contributed by atoms with E-state index in [4.69, 9.17) is 9.47 Å². The highest BCUT2D eigenvalue weighted by molar-refractivity contribution is 5.92. The van der Waals surface area contributed by atoms with Crippen LogP contribution in [0.1, 0.15) is 12.0 Å². The lowest BCUT2D eigenvalue weighted by Crippen LogP contribution is -2.49. The number of anilines is 1. The maximum absolute atomic E-state index is 12.4. The Morgan fingerprint density at radius 1 is 0.968 bits per heavy atom. The Morgan fingerprint density at radius 2 is 1.68 bits per heavy atom. The summed E-state index contributed by atoms with van der Waals surface area (Å²) in [6.45, 7) is 3.33. The summed E-state index contributed by atoms with van der Waals surface area (Å²) in [5.74, 6) is 1.06. The molecule has 1 saturated heterocycles. The quantitative estimate of drug-likeness (QED) is 0.661. The number of carbonyl (C=O) groups is 2. The predicted octanol–water partition coefficient (Wildman–Crippen LogP) is 2.57. The van der Waals surface area contributed by atoms with E-state index in [9.17, 15) is 9.59 Å². The first-order valence-electron chi connectivity index (χ1n) is 10.4. The van der Waals surface area contributed by atoms with E-state index in [0.717, 1.165) is 18.7 Å². The molecule has 3 rings (SSSR count). The molecule has 0 aromatic heterocycles. The fourth-order valence-electron chi connectivity index (χ4n) is 3.49. The molecule has 2 aromatic carbocycles.